The molecular weight excluding hydrogens is 260 g/mol. The first-order valence-corrected chi connectivity index (χ1v) is 8.13. The number of nitriles is 1. The summed E-state index contributed by atoms with van der Waals surface area (Å²) in [7, 11) is 0. The standard InChI is InChI=1S/C18H26N2O/c1-3-11-21-16-9-6-8-15(12-16)18(13-19)20-17-10-5-4-7-14(17)2/h6,8-9,12,14,17-18,20H,3-5,7,10-11H2,1-2H3. The molecule has 3 atom stereocenters. The summed E-state index contributed by atoms with van der Waals surface area (Å²) in [6.07, 6.45) is 6.00. The van der Waals surface area contributed by atoms with Crippen LogP contribution >= 0.6 is 0 Å². The molecular formula is C18H26N2O. The van der Waals surface area contributed by atoms with Crippen molar-refractivity contribution in [1.29, 1.82) is 5.26 Å². The van der Waals surface area contributed by atoms with Crippen LogP contribution in [0.1, 0.15) is 57.6 Å². The molecule has 3 nitrogen and oxygen atoms in total. The molecule has 3 unspecified atom stereocenters. The fourth-order valence-electron chi connectivity index (χ4n) is 2.99. The van der Waals surface area contributed by atoms with Crippen LogP contribution in [0.4, 0.5) is 0 Å². The first kappa shape index (κ1) is 15.9. The van der Waals surface area contributed by atoms with Gasteiger partial charge in [-0.1, -0.05) is 38.8 Å². The van der Waals surface area contributed by atoms with Gasteiger partial charge in [0, 0.05) is 6.04 Å². The Balaban J connectivity index is 2.04. The van der Waals surface area contributed by atoms with Gasteiger partial charge in [0.1, 0.15) is 11.8 Å². The first-order valence-electron chi connectivity index (χ1n) is 8.13. The Kier molecular flexibility index (Phi) is 6.07. The van der Waals surface area contributed by atoms with Crippen molar-refractivity contribution in [3.05, 3.63) is 29.8 Å². The van der Waals surface area contributed by atoms with Crippen LogP contribution in [0, 0.1) is 17.2 Å². The predicted molar refractivity (Wildman–Crippen MR) is 85.1 cm³/mol. The molecule has 0 spiro atoms. The van der Waals surface area contributed by atoms with E-state index in [1.54, 1.807) is 0 Å². The number of ether oxygens (including phenoxy) is 1. The van der Waals surface area contributed by atoms with E-state index in [9.17, 15) is 5.26 Å². The highest BCUT2D eigenvalue weighted by Gasteiger charge is 2.24. The van der Waals surface area contributed by atoms with Crippen molar-refractivity contribution in [2.45, 2.75) is 58.0 Å². The molecule has 21 heavy (non-hydrogen) atoms. The maximum absolute atomic E-state index is 9.51. The minimum atomic E-state index is -0.249. The van der Waals surface area contributed by atoms with Crippen molar-refractivity contribution in [1.82, 2.24) is 5.32 Å². The van der Waals surface area contributed by atoms with Crippen LogP contribution in [0.25, 0.3) is 0 Å². The molecule has 0 aromatic heterocycles. The monoisotopic (exact) mass is 286 g/mol. The molecule has 2 rings (SSSR count). The molecule has 0 aliphatic heterocycles. The minimum absolute atomic E-state index is 0.249. The van der Waals surface area contributed by atoms with Crippen molar-refractivity contribution >= 4 is 0 Å². The summed E-state index contributed by atoms with van der Waals surface area (Å²) >= 11 is 0. The molecule has 114 valence electrons. The Morgan fingerprint density at radius 2 is 2.19 bits per heavy atom. The third-order valence-electron chi connectivity index (χ3n) is 4.29. The van der Waals surface area contributed by atoms with Gasteiger partial charge >= 0.3 is 0 Å². The molecule has 1 fully saturated rings. The average Bonchev–Trinajstić information content (AvgIpc) is 2.52. The van der Waals surface area contributed by atoms with Crippen LogP contribution in [0.2, 0.25) is 0 Å². The molecule has 0 heterocycles. The SMILES string of the molecule is CCCOc1cccc(C(C#N)NC2CCCCC2C)c1. The van der Waals surface area contributed by atoms with Crippen LogP contribution in [0.3, 0.4) is 0 Å². The highest BCUT2D eigenvalue weighted by Crippen LogP contribution is 2.27. The molecule has 0 saturated heterocycles. The van der Waals surface area contributed by atoms with Gasteiger partial charge in [-0.15, -0.1) is 0 Å². The summed E-state index contributed by atoms with van der Waals surface area (Å²) < 4.78 is 5.66. The Bertz CT molecular complexity index is 480. The van der Waals surface area contributed by atoms with E-state index in [-0.39, 0.29) is 6.04 Å². The van der Waals surface area contributed by atoms with E-state index in [1.165, 1.54) is 25.7 Å². The summed E-state index contributed by atoms with van der Waals surface area (Å²) in [5, 5.41) is 13.0. The molecule has 1 N–H and O–H groups in total. The summed E-state index contributed by atoms with van der Waals surface area (Å²) in [4.78, 5) is 0. The molecule has 1 aromatic carbocycles. The van der Waals surface area contributed by atoms with Crippen LogP contribution in [-0.2, 0) is 0 Å². The molecule has 0 radical (unpaired) electrons. The quantitative estimate of drug-likeness (QED) is 0.852. The Morgan fingerprint density at radius 3 is 2.90 bits per heavy atom. The smallest absolute Gasteiger partial charge is 0.121 e. The van der Waals surface area contributed by atoms with Crippen molar-refractivity contribution < 1.29 is 4.74 Å². The third kappa shape index (κ3) is 4.47. The fourth-order valence-corrected chi connectivity index (χ4v) is 2.99. The molecule has 3 heteroatoms. The van der Waals surface area contributed by atoms with Gasteiger partial charge in [-0.3, -0.25) is 5.32 Å². The maximum atomic E-state index is 9.51. The minimum Gasteiger partial charge on any atom is -0.494 e. The average molecular weight is 286 g/mol. The van der Waals surface area contributed by atoms with Gasteiger partial charge in [0.15, 0.2) is 0 Å². The number of nitrogens with one attached hydrogen (secondary N) is 1. The second-order valence-electron chi connectivity index (χ2n) is 6.02. The van der Waals surface area contributed by atoms with Gasteiger partial charge in [-0.2, -0.15) is 5.26 Å². The Hall–Kier alpha value is -1.53. The summed E-state index contributed by atoms with van der Waals surface area (Å²) in [5.41, 5.74) is 1.00. The molecule has 1 aliphatic rings. The van der Waals surface area contributed by atoms with Crippen LogP contribution in [0.5, 0.6) is 5.75 Å². The van der Waals surface area contributed by atoms with E-state index in [4.69, 9.17) is 4.74 Å². The molecule has 1 saturated carbocycles. The lowest BCUT2D eigenvalue weighted by Crippen LogP contribution is -2.39. The lowest BCUT2D eigenvalue weighted by atomic mass is 9.85. The summed E-state index contributed by atoms with van der Waals surface area (Å²) in [6.45, 7) is 5.09. The zero-order valence-corrected chi connectivity index (χ0v) is 13.1. The van der Waals surface area contributed by atoms with E-state index in [2.05, 4.69) is 25.2 Å². The fraction of sp³-hybridized carbons (Fsp3) is 0.611. The molecule has 0 bridgehead atoms. The van der Waals surface area contributed by atoms with E-state index >= 15 is 0 Å². The van der Waals surface area contributed by atoms with Crippen molar-refractivity contribution in [3.8, 4) is 11.8 Å². The topological polar surface area (TPSA) is 45.0 Å². The van der Waals surface area contributed by atoms with Gasteiger partial charge in [0.05, 0.1) is 12.7 Å². The van der Waals surface area contributed by atoms with Gasteiger partial charge in [-0.25, -0.2) is 0 Å². The van der Waals surface area contributed by atoms with E-state index in [0.29, 0.717) is 18.6 Å². The zero-order valence-electron chi connectivity index (χ0n) is 13.1. The zero-order chi connectivity index (χ0) is 15.1. The van der Waals surface area contributed by atoms with Crippen molar-refractivity contribution in [3.63, 3.8) is 0 Å². The number of rotatable bonds is 6. The highest BCUT2D eigenvalue weighted by atomic mass is 16.5. The number of nitrogens with zero attached hydrogens (tertiary/aromatic N) is 1. The van der Waals surface area contributed by atoms with Gasteiger partial charge in [-0.05, 0) is 42.9 Å². The molecule has 1 aromatic rings. The van der Waals surface area contributed by atoms with E-state index in [0.717, 1.165) is 17.7 Å². The van der Waals surface area contributed by atoms with Crippen LogP contribution < -0.4 is 10.1 Å². The second kappa shape index (κ2) is 8.05. The van der Waals surface area contributed by atoms with Gasteiger partial charge < -0.3 is 4.74 Å². The van der Waals surface area contributed by atoms with Crippen LogP contribution in [0.15, 0.2) is 24.3 Å². The second-order valence-corrected chi connectivity index (χ2v) is 6.02. The Morgan fingerprint density at radius 1 is 1.38 bits per heavy atom. The van der Waals surface area contributed by atoms with E-state index in [1.807, 2.05) is 24.3 Å². The maximum Gasteiger partial charge on any atom is 0.121 e. The molecule has 1 aliphatic carbocycles. The van der Waals surface area contributed by atoms with Gasteiger partial charge in [0.25, 0.3) is 0 Å². The summed E-state index contributed by atoms with van der Waals surface area (Å²) in [6, 6.07) is 10.5. The van der Waals surface area contributed by atoms with Gasteiger partial charge in [0.2, 0.25) is 0 Å². The van der Waals surface area contributed by atoms with Crippen molar-refractivity contribution in [2.75, 3.05) is 6.61 Å². The normalized spacial score (nSPS) is 23.3. The highest BCUT2D eigenvalue weighted by molar-refractivity contribution is 5.33. The third-order valence-corrected chi connectivity index (χ3v) is 4.29. The number of benzene rings is 1. The van der Waals surface area contributed by atoms with E-state index < -0.39 is 0 Å². The largest absolute Gasteiger partial charge is 0.494 e. The molecule has 0 amide bonds. The summed E-state index contributed by atoms with van der Waals surface area (Å²) in [5.74, 6) is 1.50. The van der Waals surface area contributed by atoms with Crippen molar-refractivity contribution in [2.24, 2.45) is 5.92 Å². The first-order chi connectivity index (χ1) is 10.2. The lowest BCUT2D eigenvalue weighted by Gasteiger charge is -2.31. The number of hydrogen-bond acceptors (Lipinski definition) is 3. The Labute approximate surface area is 128 Å². The predicted octanol–water partition coefficient (Wildman–Crippen LogP) is 4.21. The number of hydrogen-bond donors (Lipinski definition) is 1. The lowest BCUT2D eigenvalue weighted by molar-refractivity contribution is 0.271. The van der Waals surface area contributed by atoms with Crippen LogP contribution in [-0.4, -0.2) is 12.6 Å².